The molecule has 0 amide bonds. The van der Waals surface area contributed by atoms with Gasteiger partial charge in [0.05, 0.1) is 17.2 Å². The van der Waals surface area contributed by atoms with Crippen molar-refractivity contribution >= 4 is 29.1 Å². The Labute approximate surface area is 112 Å². The fourth-order valence-electron chi connectivity index (χ4n) is 1.21. The molecule has 96 valence electrons. The first-order chi connectivity index (χ1) is 8.66. The lowest BCUT2D eigenvalue weighted by Gasteiger charge is -2.02. The largest absolute Gasteiger partial charge is 0.481 e. The van der Waals surface area contributed by atoms with Gasteiger partial charge in [-0.05, 0) is 11.4 Å². The summed E-state index contributed by atoms with van der Waals surface area (Å²) < 4.78 is 5.13. The number of aromatic nitrogens is 2. The molecular weight excluding hydrogens is 272 g/mol. The quantitative estimate of drug-likeness (QED) is 0.879. The molecule has 1 atom stereocenters. The molecule has 1 unspecified atom stereocenters. The molecular formula is C11H12N2O3S2. The van der Waals surface area contributed by atoms with Gasteiger partial charge >= 0.3 is 5.97 Å². The molecule has 0 aliphatic heterocycles. The molecule has 0 radical (unpaired) electrons. The minimum Gasteiger partial charge on any atom is -0.481 e. The molecule has 5 nitrogen and oxygen atoms in total. The van der Waals surface area contributed by atoms with Crippen molar-refractivity contribution in [3.63, 3.8) is 0 Å². The van der Waals surface area contributed by atoms with Crippen molar-refractivity contribution in [2.75, 3.05) is 5.75 Å². The van der Waals surface area contributed by atoms with Crippen molar-refractivity contribution in [2.24, 2.45) is 5.92 Å². The number of aliphatic carboxylic acids is 1. The molecule has 2 rings (SSSR count). The Morgan fingerprint density at radius 2 is 2.50 bits per heavy atom. The van der Waals surface area contributed by atoms with Crippen LogP contribution in [0.15, 0.2) is 21.3 Å². The zero-order chi connectivity index (χ0) is 13.0. The summed E-state index contributed by atoms with van der Waals surface area (Å²) in [7, 11) is 0. The minimum absolute atomic E-state index is 0.363. The van der Waals surface area contributed by atoms with Gasteiger partial charge in [0, 0.05) is 11.1 Å². The maximum absolute atomic E-state index is 10.6. The summed E-state index contributed by atoms with van der Waals surface area (Å²) in [4.78, 5) is 14.9. The van der Waals surface area contributed by atoms with Crippen LogP contribution in [0.3, 0.4) is 0 Å². The zero-order valence-electron chi connectivity index (χ0n) is 9.70. The van der Waals surface area contributed by atoms with Crippen LogP contribution in [0.2, 0.25) is 0 Å². The van der Waals surface area contributed by atoms with Gasteiger partial charge < -0.3 is 9.63 Å². The van der Waals surface area contributed by atoms with E-state index in [9.17, 15) is 4.79 Å². The summed E-state index contributed by atoms with van der Waals surface area (Å²) in [5.41, 5.74) is 0.919. The Morgan fingerprint density at radius 3 is 3.17 bits per heavy atom. The molecule has 0 spiro atoms. The smallest absolute Gasteiger partial charge is 0.307 e. The summed E-state index contributed by atoms with van der Waals surface area (Å²) in [6, 6.07) is 1.92. The molecule has 7 heteroatoms. The number of hydrogen-bond acceptors (Lipinski definition) is 6. The van der Waals surface area contributed by atoms with Crippen LogP contribution in [-0.2, 0) is 10.5 Å². The van der Waals surface area contributed by atoms with Crippen LogP contribution in [0.25, 0.3) is 11.5 Å². The number of rotatable bonds is 6. The highest BCUT2D eigenvalue weighted by molar-refractivity contribution is 7.98. The maximum atomic E-state index is 10.6. The van der Waals surface area contributed by atoms with Crippen molar-refractivity contribution < 1.29 is 14.4 Å². The second kappa shape index (κ2) is 6.01. The van der Waals surface area contributed by atoms with E-state index in [-0.39, 0.29) is 5.92 Å². The number of thiophene rings is 1. The second-order valence-electron chi connectivity index (χ2n) is 3.78. The first-order valence-corrected chi connectivity index (χ1v) is 7.42. The van der Waals surface area contributed by atoms with E-state index in [2.05, 4.69) is 10.1 Å². The molecule has 0 aromatic carbocycles. The zero-order valence-corrected chi connectivity index (χ0v) is 11.3. The van der Waals surface area contributed by atoms with Gasteiger partial charge in [0.25, 0.3) is 5.89 Å². The van der Waals surface area contributed by atoms with E-state index in [0.717, 1.165) is 5.56 Å². The van der Waals surface area contributed by atoms with Crippen molar-refractivity contribution in [1.82, 2.24) is 10.1 Å². The maximum Gasteiger partial charge on any atom is 0.307 e. The van der Waals surface area contributed by atoms with Crippen molar-refractivity contribution in [3.8, 4) is 11.5 Å². The Bertz CT molecular complexity index is 510. The third-order valence-corrected chi connectivity index (χ3v) is 4.14. The number of carbonyl (C=O) groups is 1. The predicted molar refractivity (Wildman–Crippen MR) is 70.6 cm³/mol. The molecule has 0 saturated carbocycles. The summed E-state index contributed by atoms with van der Waals surface area (Å²) >= 11 is 3.06. The Kier molecular flexibility index (Phi) is 4.38. The third kappa shape index (κ3) is 3.33. The second-order valence-corrected chi connectivity index (χ2v) is 5.59. The monoisotopic (exact) mass is 284 g/mol. The van der Waals surface area contributed by atoms with Crippen LogP contribution in [0.1, 0.15) is 12.7 Å². The summed E-state index contributed by atoms with van der Waals surface area (Å²) in [5.74, 6) is 1.06. The van der Waals surface area contributed by atoms with Crippen LogP contribution in [0.5, 0.6) is 0 Å². The lowest BCUT2D eigenvalue weighted by atomic mass is 10.2. The topological polar surface area (TPSA) is 76.2 Å². The SMILES string of the molecule is CC(CSCc1noc(-c2ccsc2)n1)C(=O)O. The predicted octanol–water partition coefficient (Wildman–Crippen LogP) is 2.75. The molecule has 0 bridgehead atoms. The lowest BCUT2D eigenvalue weighted by Crippen LogP contribution is -2.11. The highest BCUT2D eigenvalue weighted by Gasteiger charge is 2.13. The number of hydrogen-bond donors (Lipinski definition) is 1. The number of thioether (sulfide) groups is 1. The normalized spacial score (nSPS) is 12.5. The Balaban J connectivity index is 1.86. The van der Waals surface area contributed by atoms with E-state index in [1.807, 2.05) is 16.8 Å². The van der Waals surface area contributed by atoms with Crippen LogP contribution in [0, 0.1) is 5.92 Å². The molecule has 1 N–H and O–H groups in total. The molecule has 18 heavy (non-hydrogen) atoms. The highest BCUT2D eigenvalue weighted by atomic mass is 32.2. The fourth-order valence-corrected chi connectivity index (χ4v) is 2.76. The van der Waals surface area contributed by atoms with Crippen LogP contribution < -0.4 is 0 Å². The molecule has 2 aromatic rings. The van der Waals surface area contributed by atoms with Gasteiger partial charge in [-0.15, -0.1) is 0 Å². The van der Waals surface area contributed by atoms with E-state index in [1.165, 1.54) is 11.8 Å². The van der Waals surface area contributed by atoms with E-state index in [4.69, 9.17) is 9.63 Å². The standard InChI is InChI=1S/C11H12N2O3S2/c1-7(11(14)15)4-18-6-9-12-10(16-13-9)8-2-3-17-5-8/h2-3,5,7H,4,6H2,1H3,(H,14,15). The number of carboxylic acid groups (broad SMARTS) is 1. The van der Waals surface area contributed by atoms with Gasteiger partial charge in [0.2, 0.25) is 0 Å². The van der Waals surface area contributed by atoms with Crippen molar-refractivity contribution in [3.05, 3.63) is 22.7 Å². The van der Waals surface area contributed by atoms with Crippen LogP contribution in [0.4, 0.5) is 0 Å². The Hall–Kier alpha value is -1.34. The average Bonchev–Trinajstić information content (AvgIpc) is 2.98. The summed E-state index contributed by atoms with van der Waals surface area (Å²) in [6.45, 7) is 1.68. The minimum atomic E-state index is -0.783. The summed E-state index contributed by atoms with van der Waals surface area (Å²) in [6.07, 6.45) is 0. The van der Waals surface area contributed by atoms with Gasteiger partial charge in [-0.1, -0.05) is 12.1 Å². The first kappa shape index (κ1) is 13.1. The third-order valence-electron chi connectivity index (χ3n) is 2.26. The van der Waals surface area contributed by atoms with E-state index in [1.54, 1.807) is 18.3 Å². The molecule has 2 heterocycles. The van der Waals surface area contributed by atoms with E-state index < -0.39 is 5.97 Å². The van der Waals surface area contributed by atoms with Gasteiger partial charge in [-0.2, -0.15) is 28.1 Å². The molecule has 0 saturated heterocycles. The van der Waals surface area contributed by atoms with Crippen LogP contribution in [-0.4, -0.2) is 27.0 Å². The molecule has 2 aromatic heterocycles. The summed E-state index contributed by atoms with van der Waals surface area (Å²) in [5, 5.41) is 16.5. The van der Waals surface area contributed by atoms with Gasteiger partial charge in [-0.25, -0.2) is 0 Å². The molecule has 0 fully saturated rings. The highest BCUT2D eigenvalue weighted by Crippen LogP contribution is 2.21. The Morgan fingerprint density at radius 1 is 1.67 bits per heavy atom. The lowest BCUT2D eigenvalue weighted by molar-refractivity contribution is -0.140. The number of nitrogens with zero attached hydrogens (tertiary/aromatic N) is 2. The molecule has 0 aliphatic carbocycles. The van der Waals surface area contributed by atoms with Crippen LogP contribution >= 0.6 is 23.1 Å². The fraction of sp³-hybridized carbons (Fsp3) is 0.364. The van der Waals surface area contributed by atoms with Crippen molar-refractivity contribution in [2.45, 2.75) is 12.7 Å². The van der Waals surface area contributed by atoms with E-state index in [0.29, 0.717) is 23.2 Å². The van der Waals surface area contributed by atoms with Crippen molar-refractivity contribution in [1.29, 1.82) is 0 Å². The number of carboxylic acids is 1. The van der Waals surface area contributed by atoms with Gasteiger partial charge in [-0.3, -0.25) is 4.79 Å². The molecule has 0 aliphatic rings. The first-order valence-electron chi connectivity index (χ1n) is 5.32. The van der Waals surface area contributed by atoms with Gasteiger partial charge in [0.1, 0.15) is 0 Å². The van der Waals surface area contributed by atoms with Gasteiger partial charge in [0.15, 0.2) is 5.82 Å². The van der Waals surface area contributed by atoms with E-state index >= 15 is 0 Å². The average molecular weight is 284 g/mol.